The highest BCUT2D eigenvalue weighted by atomic mass is 16.3. The van der Waals surface area contributed by atoms with E-state index in [4.69, 9.17) is 5.11 Å². The van der Waals surface area contributed by atoms with Gasteiger partial charge in [-0.3, -0.25) is 0 Å². The summed E-state index contributed by atoms with van der Waals surface area (Å²) in [5.41, 5.74) is -0.0861. The van der Waals surface area contributed by atoms with Crippen LogP contribution in [0.1, 0.15) is 39.5 Å². The van der Waals surface area contributed by atoms with Gasteiger partial charge >= 0.3 is 0 Å². The van der Waals surface area contributed by atoms with E-state index in [-0.39, 0.29) is 24.2 Å². The van der Waals surface area contributed by atoms with Crippen LogP contribution >= 0.6 is 0 Å². The van der Waals surface area contributed by atoms with Crippen molar-refractivity contribution in [2.24, 2.45) is 5.41 Å². The lowest BCUT2D eigenvalue weighted by atomic mass is 9.90. The van der Waals surface area contributed by atoms with Crippen LogP contribution in [-0.4, -0.2) is 35.5 Å². The lowest BCUT2D eigenvalue weighted by Gasteiger charge is -2.32. The average molecular weight is 201 g/mol. The van der Waals surface area contributed by atoms with Crippen LogP contribution in [0.2, 0.25) is 0 Å². The molecule has 0 saturated heterocycles. The Bertz CT molecular complexity index is 171. The normalized spacial score (nSPS) is 29.1. The van der Waals surface area contributed by atoms with Crippen molar-refractivity contribution in [1.82, 2.24) is 5.32 Å². The zero-order chi connectivity index (χ0) is 10.6. The fraction of sp³-hybridized carbons (Fsp3) is 1.00. The van der Waals surface area contributed by atoms with Crippen LogP contribution in [0.4, 0.5) is 0 Å². The molecule has 3 nitrogen and oxygen atoms in total. The Morgan fingerprint density at radius 1 is 1.29 bits per heavy atom. The van der Waals surface area contributed by atoms with E-state index in [1.807, 2.05) is 13.8 Å². The van der Waals surface area contributed by atoms with Crippen LogP contribution in [0.3, 0.4) is 0 Å². The summed E-state index contributed by atoms with van der Waals surface area (Å²) in [5, 5.41) is 22.2. The third kappa shape index (κ3) is 3.56. The van der Waals surface area contributed by atoms with E-state index in [9.17, 15) is 5.11 Å². The molecule has 3 heteroatoms. The maximum Gasteiger partial charge on any atom is 0.0693 e. The number of nitrogens with one attached hydrogen (secondary N) is 1. The van der Waals surface area contributed by atoms with Gasteiger partial charge in [0.05, 0.1) is 6.10 Å². The maximum absolute atomic E-state index is 9.71. The monoisotopic (exact) mass is 201 g/mol. The van der Waals surface area contributed by atoms with Crippen molar-refractivity contribution in [2.75, 3.05) is 13.2 Å². The number of aliphatic hydroxyl groups is 2. The van der Waals surface area contributed by atoms with Crippen LogP contribution in [0.25, 0.3) is 0 Å². The predicted octanol–water partition coefficient (Wildman–Crippen LogP) is 0.898. The minimum absolute atomic E-state index is 0.0861. The Morgan fingerprint density at radius 3 is 2.50 bits per heavy atom. The molecule has 1 aliphatic rings. The summed E-state index contributed by atoms with van der Waals surface area (Å²) in [5.74, 6) is 0. The number of aliphatic hydroxyl groups excluding tert-OH is 2. The molecule has 1 saturated carbocycles. The second-order valence-corrected chi connectivity index (χ2v) is 5.16. The Morgan fingerprint density at radius 2 is 1.93 bits per heavy atom. The van der Waals surface area contributed by atoms with Gasteiger partial charge in [-0.15, -0.1) is 0 Å². The van der Waals surface area contributed by atoms with Gasteiger partial charge in [0.15, 0.2) is 0 Å². The van der Waals surface area contributed by atoms with Crippen LogP contribution < -0.4 is 5.32 Å². The van der Waals surface area contributed by atoms with Crippen LogP contribution in [0.5, 0.6) is 0 Å². The molecule has 2 atom stereocenters. The van der Waals surface area contributed by atoms with E-state index < -0.39 is 0 Å². The van der Waals surface area contributed by atoms with E-state index >= 15 is 0 Å². The van der Waals surface area contributed by atoms with Crippen molar-refractivity contribution >= 4 is 0 Å². The van der Waals surface area contributed by atoms with Crippen molar-refractivity contribution in [1.29, 1.82) is 0 Å². The molecule has 0 heterocycles. The van der Waals surface area contributed by atoms with Gasteiger partial charge in [-0.1, -0.05) is 26.7 Å². The Labute approximate surface area is 86.5 Å². The topological polar surface area (TPSA) is 52.5 Å². The quantitative estimate of drug-likeness (QED) is 0.633. The molecule has 1 fully saturated rings. The molecule has 1 aliphatic carbocycles. The summed E-state index contributed by atoms with van der Waals surface area (Å²) < 4.78 is 0. The van der Waals surface area contributed by atoms with Gasteiger partial charge in [0, 0.05) is 24.6 Å². The van der Waals surface area contributed by atoms with E-state index in [2.05, 4.69) is 5.32 Å². The first-order valence-corrected chi connectivity index (χ1v) is 5.57. The Hall–Kier alpha value is -0.120. The lowest BCUT2D eigenvalue weighted by Crippen LogP contribution is -2.46. The molecule has 84 valence electrons. The molecular formula is C11H23NO2. The Balaban J connectivity index is 2.29. The van der Waals surface area contributed by atoms with Crippen LogP contribution in [0, 0.1) is 5.41 Å². The Kier molecular flexibility index (Phi) is 4.35. The second kappa shape index (κ2) is 5.10. The third-order valence-electron chi connectivity index (χ3n) is 3.00. The zero-order valence-corrected chi connectivity index (χ0v) is 9.29. The predicted molar refractivity (Wildman–Crippen MR) is 57.1 cm³/mol. The van der Waals surface area contributed by atoms with Crippen molar-refractivity contribution < 1.29 is 10.2 Å². The molecule has 14 heavy (non-hydrogen) atoms. The molecule has 0 bridgehead atoms. The summed E-state index contributed by atoms with van der Waals surface area (Å²) in [6.45, 7) is 5.00. The highest BCUT2D eigenvalue weighted by molar-refractivity contribution is 4.82. The molecule has 0 aromatic heterocycles. The van der Waals surface area contributed by atoms with Crippen molar-refractivity contribution in [3.63, 3.8) is 0 Å². The smallest absolute Gasteiger partial charge is 0.0693 e. The molecule has 0 unspecified atom stereocenters. The van der Waals surface area contributed by atoms with E-state index in [0.29, 0.717) is 0 Å². The highest BCUT2D eigenvalue weighted by Gasteiger charge is 2.25. The first-order chi connectivity index (χ1) is 6.55. The first-order valence-electron chi connectivity index (χ1n) is 5.57. The second-order valence-electron chi connectivity index (χ2n) is 5.16. The van der Waals surface area contributed by atoms with Gasteiger partial charge in [0.1, 0.15) is 0 Å². The number of hydrogen-bond acceptors (Lipinski definition) is 3. The van der Waals surface area contributed by atoms with E-state index in [0.717, 1.165) is 25.8 Å². The minimum Gasteiger partial charge on any atom is -0.396 e. The van der Waals surface area contributed by atoms with E-state index in [1.165, 1.54) is 6.42 Å². The third-order valence-corrected chi connectivity index (χ3v) is 3.00. The van der Waals surface area contributed by atoms with Crippen LogP contribution in [-0.2, 0) is 0 Å². The first kappa shape index (κ1) is 12.0. The molecule has 0 radical (unpaired) electrons. The van der Waals surface area contributed by atoms with Crippen LogP contribution in [0.15, 0.2) is 0 Å². The molecule has 0 aromatic rings. The zero-order valence-electron chi connectivity index (χ0n) is 9.29. The summed E-state index contributed by atoms with van der Waals surface area (Å²) in [6.07, 6.45) is 4.12. The van der Waals surface area contributed by atoms with E-state index in [1.54, 1.807) is 0 Å². The molecular weight excluding hydrogens is 178 g/mol. The van der Waals surface area contributed by atoms with Gasteiger partial charge in [-0.05, 0) is 12.8 Å². The lowest BCUT2D eigenvalue weighted by molar-refractivity contribution is 0.0776. The maximum atomic E-state index is 9.71. The van der Waals surface area contributed by atoms with Crippen molar-refractivity contribution in [3.8, 4) is 0 Å². The summed E-state index contributed by atoms with van der Waals surface area (Å²) in [6, 6.07) is 0.231. The molecule has 0 amide bonds. The molecule has 0 spiro atoms. The van der Waals surface area contributed by atoms with Gasteiger partial charge in [0.2, 0.25) is 0 Å². The summed E-state index contributed by atoms with van der Waals surface area (Å²) in [4.78, 5) is 0. The van der Waals surface area contributed by atoms with Gasteiger partial charge < -0.3 is 15.5 Å². The van der Waals surface area contributed by atoms with Gasteiger partial charge in [-0.2, -0.15) is 0 Å². The summed E-state index contributed by atoms with van der Waals surface area (Å²) >= 11 is 0. The minimum atomic E-state index is -0.196. The fourth-order valence-corrected chi connectivity index (χ4v) is 1.81. The standard InChI is InChI=1S/C11H23NO2/c1-11(2,8-13)7-12-9-5-3-4-6-10(9)14/h9-10,12-14H,3-8H2,1-2H3/t9-,10-/m0/s1. The molecule has 3 N–H and O–H groups in total. The average Bonchev–Trinajstić information content (AvgIpc) is 2.17. The SMILES string of the molecule is CC(C)(CO)CN[C@H]1CCCC[C@@H]1O. The van der Waals surface area contributed by atoms with Crippen molar-refractivity contribution in [3.05, 3.63) is 0 Å². The fourth-order valence-electron chi connectivity index (χ4n) is 1.81. The van der Waals surface area contributed by atoms with Crippen molar-refractivity contribution in [2.45, 2.75) is 51.7 Å². The highest BCUT2D eigenvalue weighted by Crippen LogP contribution is 2.20. The number of rotatable bonds is 4. The number of hydrogen-bond donors (Lipinski definition) is 3. The van der Waals surface area contributed by atoms with Gasteiger partial charge in [0.25, 0.3) is 0 Å². The molecule has 0 aliphatic heterocycles. The molecule has 0 aromatic carbocycles. The van der Waals surface area contributed by atoms with Gasteiger partial charge in [-0.25, -0.2) is 0 Å². The largest absolute Gasteiger partial charge is 0.396 e. The molecule has 1 rings (SSSR count). The summed E-state index contributed by atoms with van der Waals surface area (Å²) in [7, 11) is 0.